The van der Waals surface area contributed by atoms with E-state index in [1.807, 2.05) is 86.6 Å². The van der Waals surface area contributed by atoms with Gasteiger partial charge < -0.3 is 28.7 Å². The molecule has 12 nitrogen and oxygen atoms in total. The number of benzene rings is 4. The Morgan fingerprint density at radius 3 is 1.07 bits per heavy atom. The van der Waals surface area contributed by atoms with E-state index < -0.39 is 60.5 Å². The van der Waals surface area contributed by atoms with Gasteiger partial charge in [-0.05, 0) is 133 Å². The van der Waals surface area contributed by atoms with Crippen LogP contribution in [0.1, 0.15) is 111 Å². The van der Waals surface area contributed by atoms with Crippen LogP contribution in [-0.2, 0) is 51.0 Å². The maximum Gasteiger partial charge on any atom is 0.328 e. The van der Waals surface area contributed by atoms with E-state index in [0.29, 0.717) is 58.6 Å². The van der Waals surface area contributed by atoms with Gasteiger partial charge in [-0.1, -0.05) is 122 Å². The molecule has 6 aromatic rings. The number of nitrogens with zero attached hydrogens (tertiary/aromatic N) is 4. The van der Waals surface area contributed by atoms with Crippen LogP contribution in [0.3, 0.4) is 0 Å². The lowest BCUT2D eigenvalue weighted by Crippen LogP contribution is -2.57. The zero-order valence-corrected chi connectivity index (χ0v) is 44.7. The molecule has 4 aromatic carbocycles. The Morgan fingerprint density at radius 1 is 0.486 bits per heavy atom. The molecule has 0 saturated carbocycles. The zero-order valence-electron chi connectivity index (χ0n) is 41.7. The number of ether oxygens (including phenoxy) is 4. The first-order valence-corrected chi connectivity index (χ1v) is 26.4. The van der Waals surface area contributed by atoms with E-state index in [1.165, 1.54) is 0 Å². The van der Waals surface area contributed by atoms with E-state index in [0.717, 1.165) is 33.4 Å². The van der Waals surface area contributed by atoms with Crippen LogP contribution in [0.15, 0.2) is 146 Å². The minimum atomic E-state index is -0.805. The molecule has 0 aliphatic carbocycles. The van der Waals surface area contributed by atoms with Gasteiger partial charge in [0.1, 0.15) is 36.5 Å². The number of hydrogen-bond donors (Lipinski definition) is 0. The van der Waals surface area contributed by atoms with E-state index in [-0.39, 0.29) is 25.0 Å². The summed E-state index contributed by atoms with van der Waals surface area (Å²) in [6, 6.07) is 34.1. The van der Waals surface area contributed by atoms with Gasteiger partial charge in [0, 0.05) is 57.7 Å². The fourth-order valence-corrected chi connectivity index (χ4v) is 10.0. The first-order valence-electron chi connectivity index (χ1n) is 24.9. The largest absolute Gasteiger partial charge is 0.464 e. The molecule has 2 aliphatic rings. The van der Waals surface area contributed by atoms with Crippen molar-refractivity contribution in [2.45, 2.75) is 115 Å². The summed E-state index contributed by atoms with van der Waals surface area (Å²) < 4.78 is 24.1. The molecule has 74 heavy (non-hydrogen) atoms. The normalized spacial score (nSPS) is 20.5. The van der Waals surface area contributed by atoms with Gasteiger partial charge in [0.05, 0.1) is 25.3 Å². The number of morpholine rings is 2. The maximum absolute atomic E-state index is 14.2. The molecule has 2 aliphatic heterocycles. The lowest BCUT2D eigenvalue weighted by atomic mass is 9.88. The van der Waals surface area contributed by atoms with Crippen LogP contribution >= 0.6 is 46.4 Å². The Hall–Kier alpha value is -5.86. The minimum absolute atomic E-state index is 0.226. The zero-order chi connectivity index (χ0) is 52.7. The molecule has 4 heterocycles. The molecular formula is C58H60Cl4N4O8. The van der Waals surface area contributed by atoms with Crippen molar-refractivity contribution in [1.82, 2.24) is 19.8 Å². The Morgan fingerprint density at radius 2 is 0.784 bits per heavy atom. The number of rotatable bonds is 18. The number of carbonyl (C=O) groups excluding carboxylic acids is 4. The highest BCUT2D eigenvalue weighted by atomic mass is 35.5. The maximum atomic E-state index is 14.2. The van der Waals surface area contributed by atoms with Crippen molar-refractivity contribution in [2.24, 2.45) is 0 Å². The van der Waals surface area contributed by atoms with Crippen LogP contribution in [0.5, 0.6) is 0 Å². The summed E-state index contributed by atoms with van der Waals surface area (Å²) in [7, 11) is 0. The third-order valence-corrected chi connectivity index (χ3v) is 13.9. The molecule has 0 radical (unpaired) electrons. The second kappa shape index (κ2) is 27.1. The van der Waals surface area contributed by atoms with Gasteiger partial charge in [-0.15, -0.1) is 0 Å². The topological polar surface area (TPSA) is 137 Å². The SMILES string of the molecule is CCC[C@@H](C(=O)OCC)N1C(=O)[C@@H](Cc2ccncc2)O[C@H](c2ccc(Cl)cc2)[C@@H]1c1ccc(Cl)cc1.CCC[C@H](C(=O)OCC)N1C(=O)[C@H](Cc2ccncc2)O[C@@H](c2ccc(Cl)cc2)[C@H]1c1ccc(Cl)cc1. The first kappa shape index (κ1) is 55.9. The molecule has 388 valence electrons. The number of amides is 2. The summed E-state index contributed by atoms with van der Waals surface area (Å²) in [6.45, 7) is 7.95. The quantitative estimate of drug-likeness (QED) is 0.0765. The van der Waals surface area contributed by atoms with E-state index in [2.05, 4.69) is 9.97 Å². The smallest absolute Gasteiger partial charge is 0.328 e. The number of halogens is 4. The van der Waals surface area contributed by atoms with Crippen molar-refractivity contribution in [3.63, 3.8) is 0 Å². The summed E-state index contributed by atoms with van der Waals surface area (Å²) in [5.41, 5.74) is 5.14. The van der Waals surface area contributed by atoms with Crippen LogP contribution in [0, 0.1) is 0 Å². The second-order valence-electron chi connectivity index (χ2n) is 17.9. The molecule has 0 bridgehead atoms. The number of aromatic nitrogens is 2. The lowest BCUT2D eigenvalue weighted by Gasteiger charge is -2.47. The molecule has 8 atom stereocenters. The Bertz CT molecular complexity index is 2570. The van der Waals surface area contributed by atoms with Gasteiger partial charge >= 0.3 is 11.9 Å². The van der Waals surface area contributed by atoms with Crippen LogP contribution in [0.2, 0.25) is 20.1 Å². The highest BCUT2D eigenvalue weighted by molar-refractivity contribution is 6.31. The first-order chi connectivity index (χ1) is 35.8. The fraction of sp³-hybridized carbons (Fsp3) is 0.345. The van der Waals surface area contributed by atoms with Crippen LogP contribution < -0.4 is 0 Å². The summed E-state index contributed by atoms with van der Waals surface area (Å²) in [5, 5.41) is 2.35. The van der Waals surface area contributed by atoms with E-state index in [9.17, 15) is 19.2 Å². The van der Waals surface area contributed by atoms with E-state index in [4.69, 9.17) is 65.4 Å². The van der Waals surface area contributed by atoms with Crippen molar-refractivity contribution in [3.05, 3.63) is 200 Å². The molecule has 2 aromatic heterocycles. The average molecular weight is 1080 g/mol. The monoisotopic (exact) mass is 1080 g/mol. The predicted molar refractivity (Wildman–Crippen MR) is 287 cm³/mol. The fourth-order valence-electron chi connectivity index (χ4n) is 9.53. The van der Waals surface area contributed by atoms with Crippen molar-refractivity contribution in [2.75, 3.05) is 13.2 Å². The summed E-state index contributed by atoms with van der Waals surface area (Å²) in [5.74, 6) is -1.35. The van der Waals surface area contributed by atoms with Crippen molar-refractivity contribution < 1.29 is 38.1 Å². The van der Waals surface area contributed by atoms with Gasteiger partial charge in [-0.25, -0.2) is 9.59 Å². The second-order valence-corrected chi connectivity index (χ2v) is 19.7. The standard InChI is InChI=1S/2C29H30Cl2N2O4/c2*1-3-5-24(29(35)36-4-2)33-26(20-6-10-22(30)11-7-20)27(21-8-12-23(31)13-9-21)37-25(28(33)34)18-19-14-16-32-17-15-19/h2*6-17,24-27H,3-5,18H2,1-2H3/t2*24-,25+,26-,27+/m10/s1. The minimum Gasteiger partial charge on any atom is -0.464 e. The lowest BCUT2D eigenvalue weighted by molar-refractivity contribution is -0.186. The highest BCUT2D eigenvalue weighted by Crippen LogP contribution is 2.46. The van der Waals surface area contributed by atoms with E-state index in [1.54, 1.807) is 97.0 Å². The van der Waals surface area contributed by atoms with Crippen LogP contribution in [-0.4, -0.2) is 81.0 Å². The third-order valence-electron chi connectivity index (χ3n) is 12.9. The average Bonchev–Trinajstić information content (AvgIpc) is 3.40. The van der Waals surface area contributed by atoms with Gasteiger partial charge in [-0.2, -0.15) is 0 Å². The number of carbonyl (C=O) groups is 4. The summed E-state index contributed by atoms with van der Waals surface area (Å²) >= 11 is 24.8. The molecule has 2 saturated heterocycles. The molecule has 0 unspecified atom stereocenters. The van der Waals surface area contributed by atoms with Crippen molar-refractivity contribution in [3.8, 4) is 0 Å². The van der Waals surface area contributed by atoms with E-state index >= 15 is 0 Å². The van der Waals surface area contributed by atoms with Crippen LogP contribution in [0.25, 0.3) is 0 Å². The Labute approximate surface area is 453 Å². The number of esters is 2. The van der Waals surface area contributed by atoms with Gasteiger partial charge in [-0.3, -0.25) is 19.6 Å². The third kappa shape index (κ3) is 13.9. The highest BCUT2D eigenvalue weighted by Gasteiger charge is 2.50. The van der Waals surface area contributed by atoms with Gasteiger partial charge in [0.25, 0.3) is 11.8 Å². The molecule has 16 heteroatoms. The molecule has 0 N–H and O–H groups in total. The summed E-state index contributed by atoms with van der Waals surface area (Å²) in [4.78, 5) is 66.4. The van der Waals surface area contributed by atoms with Gasteiger partial charge in [0.2, 0.25) is 0 Å². The van der Waals surface area contributed by atoms with Crippen LogP contribution in [0.4, 0.5) is 0 Å². The predicted octanol–water partition coefficient (Wildman–Crippen LogP) is 12.7. The molecular weight excluding hydrogens is 1020 g/mol. The molecule has 8 rings (SSSR count). The Balaban J connectivity index is 0.000000216. The number of pyridine rings is 2. The molecule has 0 spiro atoms. The van der Waals surface area contributed by atoms with Crippen molar-refractivity contribution in [1.29, 1.82) is 0 Å². The van der Waals surface area contributed by atoms with Crippen molar-refractivity contribution >= 4 is 70.2 Å². The number of hydrogen-bond acceptors (Lipinski definition) is 10. The Kier molecular flexibility index (Phi) is 20.5. The van der Waals surface area contributed by atoms with Gasteiger partial charge in [0.15, 0.2) is 0 Å². The molecule has 2 fully saturated rings. The summed E-state index contributed by atoms with van der Waals surface area (Å²) in [6.07, 6.45) is 7.02. The molecule has 2 amide bonds.